The molecule has 1 amide bonds. The predicted molar refractivity (Wildman–Crippen MR) is 114 cm³/mol. The van der Waals surface area contributed by atoms with Crippen molar-refractivity contribution in [1.29, 1.82) is 5.26 Å². The third-order valence-corrected chi connectivity index (χ3v) is 5.64. The number of anilines is 3. The van der Waals surface area contributed by atoms with Crippen LogP contribution in [-0.4, -0.2) is 15.9 Å². The van der Waals surface area contributed by atoms with Crippen molar-refractivity contribution in [2.24, 2.45) is 11.8 Å². The van der Waals surface area contributed by atoms with Crippen LogP contribution in [0.2, 0.25) is 5.02 Å². The van der Waals surface area contributed by atoms with Crippen LogP contribution in [0.1, 0.15) is 18.4 Å². The lowest BCUT2D eigenvalue weighted by molar-refractivity contribution is -0.117. The molecular formula is C21H19ClN6O. The average Bonchev–Trinajstić information content (AvgIpc) is 3.45. The number of nitriles is 1. The molecule has 1 fully saturated rings. The van der Waals surface area contributed by atoms with Gasteiger partial charge in [0.25, 0.3) is 0 Å². The van der Waals surface area contributed by atoms with Crippen LogP contribution < -0.4 is 16.8 Å². The third-order valence-electron chi connectivity index (χ3n) is 5.32. The van der Waals surface area contributed by atoms with E-state index in [2.05, 4.69) is 21.4 Å². The maximum Gasteiger partial charge on any atom is 0.228 e. The van der Waals surface area contributed by atoms with Gasteiger partial charge in [-0.25, -0.2) is 9.97 Å². The van der Waals surface area contributed by atoms with Gasteiger partial charge in [-0.15, -0.1) is 0 Å². The monoisotopic (exact) mass is 406 g/mol. The standard InChI is InChI=1S/C21H19ClN6O/c1-10-16(24)3-2-15(22)19(10)17-7-12-8-18(26-9-14(12)20(25)27-17)28-21(29)13-6-11(13)4-5-23/h2-3,7-9,11,13H,4,6,24H2,1H3,(H2,25,27)(H,26,28,29)/t11-,13-/m0/s1. The molecule has 1 aliphatic carbocycles. The Bertz CT molecular complexity index is 1190. The van der Waals surface area contributed by atoms with Gasteiger partial charge in [0.15, 0.2) is 0 Å². The molecule has 2 heterocycles. The van der Waals surface area contributed by atoms with Gasteiger partial charge >= 0.3 is 0 Å². The maximum absolute atomic E-state index is 12.3. The number of nitrogens with two attached hydrogens (primary N) is 2. The van der Waals surface area contributed by atoms with Crippen molar-refractivity contribution < 1.29 is 4.79 Å². The second kappa shape index (κ2) is 7.22. The van der Waals surface area contributed by atoms with Crippen LogP contribution in [0, 0.1) is 30.1 Å². The predicted octanol–water partition coefficient (Wildman–Crippen LogP) is 3.91. The van der Waals surface area contributed by atoms with E-state index in [9.17, 15) is 4.79 Å². The Morgan fingerprint density at radius 1 is 1.38 bits per heavy atom. The van der Waals surface area contributed by atoms with Gasteiger partial charge in [0.1, 0.15) is 11.6 Å². The minimum Gasteiger partial charge on any atom is -0.398 e. The zero-order valence-corrected chi connectivity index (χ0v) is 16.5. The number of nitrogens with one attached hydrogen (secondary N) is 1. The molecule has 29 heavy (non-hydrogen) atoms. The Hall–Kier alpha value is -3.37. The second-order valence-electron chi connectivity index (χ2n) is 7.27. The SMILES string of the molecule is Cc1c(N)ccc(Cl)c1-c1cc2cc(NC(=O)[C@H]3C[C@@H]3CC#N)ncc2c(N)n1. The van der Waals surface area contributed by atoms with Crippen molar-refractivity contribution in [2.75, 3.05) is 16.8 Å². The van der Waals surface area contributed by atoms with Crippen molar-refractivity contribution in [1.82, 2.24) is 9.97 Å². The second-order valence-corrected chi connectivity index (χ2v) is 7.68. The molecule has 146 valence electrons. The normalized spacial score (nSPS) is 17.7. The van der Waals surface area contributed by atoms with E-state index in [4.69, 9.17) is 28.3 Å². The van der Waals surface area contributed by atoms with Crippen LogP contribution in [0.15, 0.2) is 30.5 Å². The molecule has 0 unspecified atom stereocenters. The number of carbonyl (C=O) groups excluding carboxylic acids is 1. The van der Waals surface area contributed by atoms with Crippen molar-refractivity contribution in [3.05, 3.63) is 41.0 Å². The van der Waals surface area contributed by atoms with Gasteiger partial charge < -0.3 is 16.8 Å². The van der Waals surface area contributed by atoms with Gasteiger partial charge in [0.2, 0.25) is 5.91 Å². The van der Waals surface area contributed by atoms with E-state index >= 15 is 0 Å². The summed E-state index contributed by atoms with van der Waals surface area (Å²) < 4.78 is 0. The number of hydrogen-bond acceptors (Lipinski definition) is 6. The number of pyridine rings is 2. The highest BCUT2D eigenvalue weighted by Crippen LogP contribution is 2.42. The first-order valence-electron chi connectivity index (χ1n) is 9.18. The first kappa shape index (κ1) is 19.0. The molecule has 2 atom stereocenters. The fourth-order valence-corrected chi connectivity index (χ4v) is 3.81. The van der Waals surface area contributed by atoms with Crippen LogP contribution in [0.25, 0.3) is 22.0 Å². The topological polar surface area (TPSA) is 131 Å². The van der Waals surface area contributed by atoms with E-state index in [1.807, 2.05) is 13.0 Å². The molecule has 1 saturated carbocycles. The lowest BCUT2D eigenvalue weighted by Crippen LogP contribution is -2.15. The minimum absolute atomic E-state index is 0.117. The van der Waals surface area contributed by atoms with E-state index in [1.54, 1.807) is 24.4 Å². The van der Waals surface area contributed by atoms with Crippen LogP contribution in [-0.2, 0) is 4.79 Å². The average molecular weight is 407 g/mol. The molecule has 2 aromatic heterocycles. The molecule has 3 aromatic rings. The van der Waals surface area contributed by atoms with Gasteiger partial charge in [-0.05, 0) is 54.5 Å². The lowest BCUT2D eigenvalue weighted by Gasteiger charge is -2.13. The highest BCUT2D eigenvalue weighted by atomic mass is 35.5. The lowest BCUT2D eigenvalue weighted by atomic mass is 10.0. The van der Waals surface area contributed by atoms with E-state index in [0.29, 0.717) is 39.8 Å². The number of benzene rings is 1. The summed E-state index contributed by atoms with van der Waals surface area (Å²) >= 11 is 6.39. The number of hydrogen-bond donors (Lipinski definition) is 3. The molecular weight excluding hydrogens is 388 g/mol. The Balaban J connectivity index is 1.69. The zero-order valence-electron chi connectivity index (χ0n) is 15.7. The quantitative estimate of drug-likeness (QED) is 0.563. The molecule has 0 aliphatic heterocycles. The van der Waals surface area contributed by atoms with E-state index in [0.717, 1.165) is 22.9 Å². The van der Waals surface area contributed by atoms with Crippen molar-refractivity contribution in [2.45, 2.75) is 19.8 Å². The zero-order chi connectivity index (χ0) is 20.7. The van der Waals surface area contributed by atoms with Gasteiger partial charge in [0.05, 0.1) is 16.8 Å². The molecule has 0 spiro atoms. The largest absolute Gasteiger partial charge is 0.398 e. The number of carbonyl (C=O) groups is 1. The molecule has 0 bridgehead atoms. The fraction of sp³-hybridized carbons (Fsp3) is 0.238. The summed E-state index contributed by atoms with van der Waals surface area (Å²) in [4.78, 5) is 21.1. The van der Waals surface area contributed by atoms with Crippen LogP contribution in [0.3, 0.4) is 0 Å². The van der Waals surface area contributed by atoms with Crippen molar-refractivity contribution in [3.63, 3.8) is 0 Å². The molecule has 5 N–H and O–H groups in total. The number of rotatable bonds is 4. The van der Waals surface area contributed by atoms with E-state index < -0.39 is 0 Å². The van der Waals surface area contributed by atoms with E-state index in [-0.39, 0.29) is 17.7 Å². The van der Waals surface area contributed by atoms with Gasteiger partial charge in [-0.1, -0.05) is 11.6 Å². The van der Waals surface area contributed by atoms with Crippen molar-refractivity contribution >= 4 is 45.6 Å². The summed E-state index contributed by atoms with van der Waals surface area (Å²) in [6.07, 6.45) is 2.72. The number of fused-ring (bicyclic) bond motifs is 1. The molecule has 7 nitrogen and oxygen atoms in total. The van der Waals surface area contributed by atoms with Crippen LogP contribution in [0.5, 0.6) is 0 Å². The molecule has 1 aromatic carbocycles. The fourth-order valence-electron chi connectivity index (χ4n) is 3.51. The summed E-state index contributed by atoms with van der Waals surface area (Å²) in [5.74, 6) is 0.641. The highest BCUT2D eigenvalue weighted by Gasteiger charge is 2.42. The van der Waals surface area contributed by atoms with Crippen LogP contribution in [0.4, 0.5) is 17.3 Å². The Labute approximate surface area is 172 Å². The Morgan fingerprint density at radius 2 is 2.17 bits per heavy atom. The minimum atomic E-state index is -0.126. The van der Waals surface area contributed by atoms with Crippen molar-refractivity contribution in [3.8, 4) is 17.3 Å². The summed E-state index contributed by atoms with van der Waals surface area (Å²) in [6, 6.07) is 9.20. The maximum atomic E-state index is 12.3. The molecule has 8 heteroatoms. The highest BCUT2D eigenvalue weighted by molar-refractivity contribution is 6.33. The van der Waals surface area contributed by atoms with Gasteiger partial charge in [-0.3, -0.25) is 4.79 Å². The Kier molecular flexibility index (Phi) is 4.73. The van der Waals surface area contributed by atoms with Gasteiger partial charge in [0, 0.05) is 35.2 Å². The number of halogens is 1. The number of nitrogen functional groups attached to an aromatic ring is 2. The number of amides is 1. The third kappa shape index (κ3) is 3.55. The number of nitrogens with zero attached hydrogens (tertiary/aromatic N) is 3. The first-order chi connectivity index (χ1) is 13.9. The van der Waals surface area contributed by atoms with Gasteiger partial charge in [-0.2, -0.15) is 5.26 Å². The summed E-state index contributed by atoms with van der Waals surface area (Å²) in [7, 11) is 0. The molecule has 1 aliphatic rings. The molecule has 4 rings (SSSR count). The Morgan fingerprint density at radius 3 is 2.93 bits per heavy atom. The number of aromatic nitrogens is 2. The summed E-state index contributed by atoms with van der Waals surface area (Å²) in [5.41, 5.74) is 14.9. The smallest absolute Gasteiger partial charge is 0.228 e. The van der Waals surface area contributed by atoms with Crippen LogP contribution >= 0.6 is 11.6 Å². The summed E-state index contributed by atoms with van der Waals surface area (Å²) in [6.45, 7) is 1.88. The van der Waals surface area contributed by atoms with E-state index in [1.165, 1.54) is 0 Å². The first-order valence-corrected chi connectivity index (χ1v) is 9.56. The molecule has 0 radical (unpaired) electrons. The summed E-state index contributed by atoms with van der Waals surface area (Å²) in [5, 5.41) is 13.6. The molecule has 0 saturated heterocycles.